The lowest BCUT2D eigenvalue weighted by atomic mass is 10.0. The number of hydrogen-bond acceptors (Lipinski definition) is 5. The zero-order valence-electron chi connectivity index (χ0n) is 21.1. The van der Waals surface area contributed by atoms with Crippen molar-refractivity contribution in [3.05, 3.63) is 138 Å². The molecule has 0 aliphatic rings. The van der Waals surface area contributed by atoms with Crippen molar-refractivity contribution < 1.29 is 22.7 Å². The first kappa shape index (κ1) is 26.8. The van der Waals surface area contributed by atoms with Crippen LogP contribution in [0, 0.1) is 0 Å². The summed E-state index contributed by atoms with van der Waals surface area (Å²) in [6, 6.07) is 32.7. The Labute approximate surface area is 223 Å². The van der Waals surface area contributed by atoms with Gasteiger partial charge in [0.2, 0.25) is 0 Å². The Morgan fingerprint density at radius 3 is 1.82 bits per heavy atom. The molecule has 1 atom stereocenters. The van der Waals surface area contributed by atoms with Gasteiger partial charge in [0.1, 0.15) is 6.10 Å². The van der Waals surface area contributed by atoms with E-state index in [2.05, 4.69) is 0 Å². The van der Waals surface area contributed by atoms with E-state index in [0.717, 1.165) is 15.4 Å². The summed E-state index contributed by atoms with van der Waals surface area (Å²) in [6.07, 6.45) is 0.518. The van der Waals surface area contributed by atoms with Gasteiger partial charge in [-0.15, -0.1) is 0 Å². The molecule has 0 saturated heterocycles. The summed E-state index contributed by atoms with van der Waals surface area (Å²) in [6.45, 7) is 1.92. The van der Waals surface area contributed by atoms with Gasteiger partial charge in [-0.3, -0.25) is 4.79 Å². The molecule has 4 aromatic rings. The molecule has 0 spiro atoms. The van der Waals surface area contributed by atoms with Gasteiger partial charge in [-0.1, -0.05) is 85.8 Å². The van der Waals surface area contributed by atoms with Crippen molar-refractivity contribution in [3.8, 4) is 0 Å². The molecule has 0 radical (unpaired) electrons. The van der Waals surface area contributed by atoms with Crippen LogP contribution in [0.2, 0.25) is 0 Å². The molecule has 38 heavy (non-hydrogen) atoms. The third-order valence-electron chi connectivity index (χ3n) is 6.16. The van der Waals surface area contributed by atoms with Crippen molar-refractivity contribution in [2.24, 2.45) is 0 Å². The average Bonchev–Trinajstić information content (AvgIpc) is 2.97. The third kappa shape index (κ3) is 6.36. The molecule has 0 fully saturated rings. The Morgan fingerprint density at radius 1 is 0.737 bits per heavy atom. The van der Waals surface area contributed by atoms with Crippen LogP contribution in [0.4, 0.5) is 0 Å². The van der Waals surface area contributed by atoms with E-state index in [1.54, 1.807) is 72.8 Å². The van der Waals surface area contributed by atoms with Crippen molar-refractivity contribution in [2.75, 3.05) is 6.54 Å². The van der Waals surface area contributed by atoms with E-state index < -0.39 is 22.0 Å². The van der Waals surface area contributed by atoms with E-state index in [9.17, 15) is 18.0 Å². The highest BCUT2D eigenvalue weighted by Crippen LogP contribution is 2.24. The zero-order chi connectivity index (χ0) is 27.0. The summed E-state index contributed by atoms with van der Waals surface area (Å²) in [5.41, 5.74) is 2.49. The van der Waals surface area contributed by atoms with Crippen LogP contribution in [0.5, 0.6) is 0 Å². The molecule has 0 aliphatic heterocycles. The van der Waals surface area contributed by atoms with E-state index in [-0.39, 0.29) is 17.4 Å². The SMILES string of the molecule is CCC(OC(=O)c1ccccc1)c1ccc(CCN(C(=O)c2ccccc2)S(=O)(=O)c2ccccc2)cc1. The number of carbonyl (C=O) groups excluding carboxylic acids is 2. The quantitative estimate of drug-likeness (QED) is 0.234. The second-order valence-electron chi connectivity index (χ2n) is 8.72. The molecule has 0 aromatic heterocycles. The molecule has 194 valence electrons. The minimum atomic E-state index is -4.06. The first-order valence-electron chi connectivity index (χ1n) is 12.4. The van der Waals surface area contributed by atoms with Gasteiger partial charge in [0, 0.05) is 12.1 Å². The minimum absolute atomic E-state index is 0.0233. The van der Waals surface area contributed by atoms with Crippen molar-refractivity contribution in [1.29, 1.82) is 0 Å². The Kier molecular flexibility index (Phi) is 8.71. The van der Waals surface area contributed by atoms with Crippen LogP contribution in [0.3, 0.4) is 0 Å². The number of carbonyl (C=O) groups is 2. The largest absolute Gasteiger partial charge is 0.454 e. The predicted molar refractivity (Wildman–Crippen MR) is 146 cm³/mol. The summed E-state index contributed by atoms with van der Waals surface area (Å²) in [7, 11) is -4.06. The van der Waals surface area contributed by atoms with Gasteiger partial charge in [0.05, 0.1) is 10.5 Å². The first-order chi connectivity index (χ1) is 18.4. The highest BCUT2D eigenvalue weighted by molar-refractivity contribution is 7.89. The monoisotopic (exact) mass is 527 g/mol. The summed E-state index contributed by atoms with van der Waals surface area (Å²) in [4.78, 5) is 25.9. The third-order valence-corrected chi connectivity index (χ3v) is 7.96. The molecular formula is C31H29NO5S. The molecule has 0 aliphatic carbocycles. The lowest BCUT2D eigenvalue weighted by Gasteiger charge is -2.23. The summed E-state index contributed by atoms with van der Waals surface area (Å²) in [5, 5.41) is 0. The molecule has 0 N–H and O–H groups in total. The second kappa shape index (κ2) is 12.3. The maximum atomic E-state index is 13.4. The minimum Gasteiger partial charge on any atom is -0.454 e. The fraction of sp³-hybridized carbons (Fsp3) is 0.161. The highest BCUT2D eigenvalue weighted by atomic mass is 32.2. The molecule has 0 heterocycles. The Balaban J connectivity index is 1.50. The summed E-state index contributed by atoms with van der Waals surface area (Å²) < 4.78 is 33.5. The molecule has 1 unspecified atom stereocenters. The van der Waals surface area contributed by atoms with Gasteiger partial charge >= 0.3 is 5.97 Å². The number of ether oxygens (including phenoxy) is 1. The highest BCUT2D eigenvalue weighted by Gasteiger charge is 2.29. The van der Waals surface area contributed by atoms with Crippen molar-refractivity contribution in [1.82, 2.24) is 4.31 Å². The fourth-order valence-electron chi connectivity index (χ4n) is 4.06. The first-order valence-corrected chi connectivity index (χ1v) is 13.9. The van der Waals surface area contributed by atoms with Gasteiger partial charge in [-0.05, 0) is 60.4 Å². The van der Waals surface area contributed by atoms with Gasteiger partial charge in [-0.2, -0.15) is 0 Å². The molecule has 0 bridgehead atoms. The number of rotatable bonds is 10. The summed E-state index contributed by atoms with van der Waals surface area (Å²) in [5.74, 6) is -0.965. The second-order valence-corrected chi connectivity index (χ2v) is 10.6. The maximum absolute atomic E-state index is 13.4. The molecule has 4 aromatic carbocycles. The van der Waals surface area contributed by atoms with Crippen molar-refractivity contribution in [3.63, 3.8) is 0 Å². The van der Waals surface area contributed by atoms with Crippen LogP contribution in [-0.2, 0) is 21.2 Å². The number of esters is 1. The number of sulfonamides is 1. The van der Waals surface area contributed by atoms with Gasteiger partial charge in [0.15, 0.2) is 0 Å². The van der Waals surface area contributed by atoms with Crippen molar-refractivity contribution in [2.45, 2.75) is 30.8 Å². The standard InChI is InChI=1S/C31H29NO5S/c1-2-29(37-31(34)27-14-8-4-9-15-27)25-20-18-24(19-21-25)22-23-32(30(33)26-12-6-3-7-13-26)38(35,36)28-16-10-5-11-17-28/h3-21,29H,2,22-23H2,1H3. The molecular weight excluding hydrogens is 498 g/mol. The van der Waals surface area contributed by atoms with Crippen LogP contribution in [-0.4, -0.2) is 31.1 Å². The lowest BCUT2D eigenvalue weighted by Crippen LogP contribution is -2.38. The molecule has 4 rings (SSSR count). The number of benzene rings is 4. The lowest BCUT2D eigenvalue weighted by molar-refractivity contribution is 0.0287. The van der Waals surface area contributed by atoms with E-state index in [1.165, 1.54) is 12.1 Å². The van der Waals surface area contributed by atoms with E-state index in [4.69, 9.17) is 4.74 Å². The van der Waals surface area contributed by atoms with Crippen molar-refractivity contribution >= 4 is 21.9 Å². The average molecular weight is 528 g/mol. The number of hydrogen-bond donors (Lipinski definition) is 0. The van der Waals surface area contributed by atoms with Gasteiger partial charge in [-0.25, -0.2) is 17.5 Å². The van der Waals surface area contributed by atoms with Crippen LogP contribution < -0.4 is 0 Å². The van der Waals surface area contributed by atoms with E-state index in [0.29, 0.717) is 24.0 Å². The zero-order valence-corrected chi connectivity index (χ0v) is 21.9. The van der Waals surface area contributed by atoms with Gasteiger partial charge in [0.25, 0.3) is 15.9 Å². The molecule has 0 saturated carbocycles. The smallest absolute Gasteiger partial charge is 0.338 e. The number of nitrogens with zero attached hydrogens (tertiary/aromatic N) is 1. The van der Waals surface area contributed by atoms with Crippen LogP contribution in [0.1, 0.15) is 51.3 Å². The van der Waals surface area contributed by atoms with Crippen LogP contribution in [0.15, 0.2) is 120 Å². The Bertz CT molecular complexity index is 1460. The number of amides is 1. The normalized spacial score (nSPS) is 11.9. The summed E-state index contributed by atoms with van der Waals surface area (Å²) >= 11 is 0. The van der Waals surface area contributed by atoms with Crippen LogP contribution >= 0.6 is 0 Å². The maximum Gasteiger partial charge on any atom is 0.338 e. The Hall–Kier alpha value is -4.23. The topological polar surface area (TPSA) is 80.8 Å². The van der Waals surface area contributed by atoms with Gasteiger partial charge < -0.3 is 4.74 Å². The molecule has 1 amide bonds. The predicted octanol–water partition coefficient (Wildman–Crippen LogP) is 6.07. The van der Waals surface area contributed by atoms with E-state index in [1.807, 2.05) is 37.3 Å². The molecule has 6 nitrogen and oxygen atoms in total. The van der Waals surface area contributed by atoms with E-state index >= 15 is 0 Å². The molecule has 7 heteroatoms. The Morgan fingerprint density at radius 2 is 1.26 bits per heavy atom. The van der Waals surface area contributed by atoms with Crippen LogP contribution in [0.25, 0.3) is 0 Å². The fourth-order valence-corrected chi connectivity index (χ4v) is 5.47.